The zero-order valence-electron chi connectivity index (χ0n) is 8.98. The molecule has 1 aromatic heterocycles. The Morgan fingerprint density at radius 3 is 3.00 bits per heavy atom. The van der Waals surface area contributed by atoms with Gasteiger partial charge >= 0.3 is 0 Å². The maximum Gasteiger partial charge on any atom is 0.263 e. The van der Waals surface area contributed by atoms with Gasteiger partial charge in [-0.05, 0) is 24.3 Å². The Kier molecular flexibility index (Phi) is 3.46. The minimum Gasteiger partial charge on any atom is -0.397 e. The van der Waals surface area contributed by atoms with Crippen molar-refractivity contribution in [1.29, 1.82) is 0 Å². The monoisotopic (exact) mass is 240 g/mol. The van der Waals surface area contributed by atoms with Crippen molar-refractivity contribution in [2.24, 2.45) is 5.92 Å². The van der Waals surface area contributed by atoms with E-state index in [0.717, 1.165) is 19.3 Å². The second-order valence-electron chi connectivity index (χ2n) is 4.17. The van der Waals surface area contributed by atoms with E-state index in [0.29, 0.717) is 17.1 Å². The maximum absolute atomic E-state index is 11.7. The van der Waals surface area contributed by atoms with Crippen molar-refractivity contribution in [2.75, 3.05) is 12.3 Å². The summed E-state index contributed by atoms with van der Waals surface area (Å²) in [7, 11) is 0. The molecule has 4 N–H and O–H groups in total. The van der Waals surface area contributed by atoms with Crippen LogP contribution in [0.4, 0.5) is 5.69 Å². The summed E-state index contributed by atoms with van der Waals surface area (Å²) < 4.78 is 0. The summed E-state index contributed by atoms with van der Waals surface area (Å²) in [4.78, 5) is 12.3. The van der Waals surface area contributed by atoms with E-state index in [9.17, 15) is 9.90 Å². The Bertz CT molecular complexity index is 378. The molecule has 2 atom stereocenters. The largest absolute Gasteiger partial charge is 0.397 e. The fourth-order valence-electron chi connectivity index (χ4n) is 2.06. The molecule has 16 heavy (non-hydrogen) atoms. The molecule has 0 radical (unpaired) electrons. The molecule has 88 valence electrons. The minimum atomic E-state index is -0.263. The van der Waals surface area contributed by atoms with Gasteiger partial charge in [0.15, 0.2) is 0 Å². The van der Waals surface area contributed by atoms with E-state index in [1.54, 1.807) is 11.4 Å². The molecule has 0 spiro atoms. The molecule has 4 nitrogen and oxygen atoms in total. The lowest BCUT2D eigenvalue weighted by Crippen LogP contribution is -2.32. The molecule has 2 rings (SSSR count). The quantitative estimate of drug-likeness (QED) is 0.743. The van der Waals surface area contributed by atoms with Gasteiger partial charge in [0.1, 0.15) is 4.88 Å². The smallest absolute Gasteiger partial charge is 0.263 e. The highest BCUT2D eigenvalue weighted by Gasteiger charge is 2.25. The van der Waals surface area contributed by atoms with Crippen molar-refractivity contribution < 1.29 is 9.90 Å². The van der Waals surface area contributed by atoms with Gasteiger partial charge in [-0.15, -0.1) is 11.3 Å². The zero-order chi connectivity index (χ0) is 11.5. The first-order valence-corrected chi connectivity index (χ1v) is 6.35. The average Bonchev–Trinajstić information content (AvgIpc) is 2.84. The van der Waals surface area contributed by atoms with Crippen LogP contribution in [-0.2, 0) is 0 Å². The predicted octanol–water partition coefficient (Wildman–Crippen LogP) is 1.22. The molecule has 2 unspecified atom stereocenters. The Balaban J connectivity index is 1.86. The third-order valence-electron chi connectivity index (χ3n) is 3.05. The molecule has 0 bridgehead atoms. The molecule has 1 aliphatic rings. The summed E-state index contributed by atoms with van der Waals surface area (Å²) in [5.41, 5.74) is 6.18. The van der Waals surface area contributed by atoms with Crippen LogP contribution in [0.3, 0.4) is 0 Å². The maximum atomic E-state index is 11.7. The molecule has 0 aliphatic heterocycles. The molecule has 1 fully saturated rings. The molecular weight excluding hydrogens is 224 g/mol. The number of carbonyl (C=O) groups excluding carboxylic acids is 1. The van der Waals surface area contributed by atoms with E-state index in [2.05, 4.69) is 5.32 Å². The van der Waals surface area contributed by atoms with Crippen molar-refractivity contribution >= 4 is 22.9 Å². The molecule has 1 saturated carbocycles. The van der Waals surface area contributed by atoms with Crippen LogP contribution in [0.1, 0.15) is 28.9 Å². The van der Waals surface area contributed by atoms with E-state index in [-0.39, 0.29) is 17.9 Å². The third kappa shape index (κ3) is 2.36. The zero-order valence-corrected chi connectivity index (χ0v) is 9.80. The summed E-state index contributed by atoms with van der Waals surface area (Å²) in [6.07, 6.45) is 2.62. The lowest BCUT2D eigenvalue weighted by molar-refractivity contribution is 0.0921. The van der Waals surface area contributed by atoms with Crippen LogP contribution in [-0.4, -0.2) is 23.7 Å². The first kappa shape index (κ1) is 11.4. The number of amides is 1. The fourth-order valence-corrected chi connectivity index (χ4v) is 2.80. The summed E-state index contributed by atoms with van der Waals surface area (Å²) in [6, 6.07) is 1.73. The van der Waals surface area contributed by atoms with E-state index >= 15 is 0 Å². The van der Waals surface area contributed by atoms with Crippen LogP contribution in [0, 0.1) is 5.92 Å². The van der Waals surface area contributed by atoms with Gasteiger partial charge in [-0.2, -0.15) is 0 Å². The number of aliphatic hydroxyl groups excluding tert-OH is 1. The van der Waals surface area contributed by atoms with Crippen molar-refractivity contribution in [3.8, 4) is 0 Å². The van der Waals surface area contributed by atoms with Gasteiger partial charge in [0.25, 0.3) is 5.91 Å². The second kappa shape index (κ2) is 4.84. The van der Waals surface area contributed by atoms with Crippen LogP contribution in [0.2, 0.25) is 0 Å². The van der Waals surface area contributed by atoms with E-state index in [1.807, 2.05) is 0 Å². The topological polar surface area (TPSA) is 75.4 Å². The van der Waals surface area contributed by atoms with Crippen LogP contribution < -0.4 is 11.1 Å². The number of hydrogen-bond donors (Lipinski definition) is 3. The SMILES string of the molecule is Nc1ccsc1C(=O)NCC1CCCC1O. The molecule has 1 amide bonds. The van der Waals surface area contributed by atoms with Gasteiger partial charge in [-0.25, -0.2) is 0 Å². The van der Waals surface area contributed by atoms with Crippen molar-refractivity contribution in [3.63, 3.8) is 0 Å². The summed E-state index contributed by atoms with van der Waals surface area (Å²) in [5, 5.41) is 14.2. The Morgan fingerprint density at radius 1 is 1.62 bits per heavy atom. The summed E-state index contributed by atoms with van der Waals surface area (Å²) >= 11 is 1.34. The predicted molar refractivity (Wildman–Crippen MR) is 64.4 cm³/mol. The van der Waals surface area contributed by atoms with Gasteiger partial charge in [-0.3, -0.25) is 4.79 Å². The number of nitrogen functional groups attached to an aromatic ring is 1. The number of nitrogens with one attached hydrogen (secondary N) is 1. The Morgan fingerprint density at radius 2 is 2.44 bits per heavy atom. The highest BCUT2D eigenvalue weighted by atomic mass is 32.1. The lowest BCUT2D eigenvalue weighted by atomic mass is 10.1. The highest BCUT2D eigenvalue weighted by molar-refractivity contribution is 7.12. The average molecular weight is 240 g/mol. The van der Waals surface area contributed by atoms with E-state index < -0.39 is 0 Å². The first-order valence-electron chi connectivity index (χ1n) is 5.47. The Labute approximate surface area is 98.5 Å². The van der Waals surface area contributed by atoms with Gasteiger partial charge in [0.2, 0.25) is 0 Å². The van der Waals surface area contributed by atoms with Crippen LogP contribution in [0.5, 0.6) is 0 Å². The molecule has 5 heteroatoms. The van der Waals surface area contributed by atoms with Crippen molar-refractivity contribution in [2.45, 2.75) is 25.4 Å². The van der Waals surface area contributed by atoms with Crippen molar-refractivity contribution in [3.05, 3.63) is 16.3 Å². The lowest BCUT2D eigenvalue weighted by Gasteiger charge is -2.14. The second-order valence-corrected chi connectivity index (χ2v) is 5.09. The molecule has 1 aliphatic carbocycles. The summed E-state index contributed by atoms with van der Waals surface area (Å²) in [6.45, 7) is 0.539. The molecule has 0 saturated heterocycles. The van der Waals surface area contributed by atoms with E-state index in [4.69, 9.17) is 5.73 Å². The number of rotatable bonds is 3. The third-order valence-corrected chi connectivity index (χ3v) is 3.97. The van der Waals surface area contributed by atoms with Crippen LogP contribution in [0.15, 0.2) is 11.4 Å². The molecule has 1 aromatic rings. The van der Waals surface area contributed by atoms with Gasteiger partial charge in [-0.1, -0.05) is 6.42 Å². The molecule has 1 heterocycles. The van der Waals surface area contributed by atoms with Crippen molar-refractivity contribution in [1.82, 2.24) is 5.32 Å². The standard InChI is InChI=1S/C11H16N2O2S/c12-8-4-5-16-10(8)11(15)13-6-7-2-1-3-9(7)14/h4-5,7,9,14H,1-3,6,12H2,(H,13,15). The van der Waals surface area contributed by atoms with Crippen LogP contribution in [0.25, 0.3) is 0 Å². The highest BCUT2D eigenvalue weighted by Crippen LogP contribution is 2.25. The number of hydrogen-bond acceptors (Lipinski definition) is 4. The van der Waals surface area contributed by atoms with Gasteiger partial charge in [0, 0.05) is 12.5 Å². The Hall–Kier alpha value is -1.07. The normalized spacial score (nSPS) is 24.6. The number of nitrogens with two attached hydrogens (primary N) is 1. The minimum absolute atomic E-state index is 0.133. The fraction of sp³-hybridized carbons (Fsp3) is 0.545. The number of anilines is 1. The van der Waals surface area contributed by atoms with E-state index in [1.165, 1.54) is 11.3 Å². The van der Waals surface area contributed by atoms with Gasteiger partial charge < -0.3 is 16.2 Å². The number of thiophene rings is 1. The van der Waals surface area contributed by atoms with Gasteiger partial charge in [0.05, 0.1) is 11.8 Å². The number of aliphatic hydroxyl groups is 1. The van der Waals surface area contributed by atoms with Crippen LogP contribution >= 0.6 is 11.3 Å². The molecule has 0 aromatic carbocycles. The number of carbonyl (C=O) groups is 1. The summed E-state index contributed by atoms with van der Waals surface area (Å²) in [5.74, 6) is 0.0664. The first-order chi connectivity index (χ1) is 7.68. The molecular formula is C11H16N2O2S.